The Morgan fingerprint density at radius 3 is 2.40 bits per heavy atom. The highest BCUT2D eigenvalue weighted by Crippen LogP contribution is 2.11. The van der Waals surface area contributed by atoms with E-state index in [2.05, 4.69) is 0 Å². The van der Waals surface area contributed by atoms with Crippen LogP contribution in [-0.2, 0) is 0 Å². The Balaban J connectivity index is 3.52. The summed E-state index contributed by atoms with van der Waals surface area (Å²) in [5.74, 6) is 1.02. The van der Waals surface area contributed by atoms with Crippen LogP contribution in [0.15, 0.2) is 0 Å². The van der Waals surface area contributed by atoms with Gasteiger partial charge in [-0.3, -0.25) is 0 Å². The second-order valence-corrected chi connectivity index (χ2v) is 4.03. The van der Waals surface area contributed by atoms with Crippen molar-refractivity contribution in [2.45, 2.75) is 31.9 Å². The molecule has 0 aliphatic heterocycles. The van der Waals surface area contributed by atoms with E-state index in [1.165, 1.54) is 0 Å². The Morgan fingerprint density at radius 1 is 1.60 bits per heavy atom. The molecule has 0 aliphatic rings. The summed E-state index contributed by atoms with van der Waals surface area (Å²) in [6.45, 7) is 3.50. The summed E-state index contributed by atoms with van der Waals surface area (Å²) < 4.78 is 0. The van der Waals surface area contributed by atoms with E-state index in [0.29, 0.717) is 0 Å². The van der Waals surface area contributed by atoms with Crippen LogP contribution in [0.5, 0.6) is 0 Å². The number of aliphatic hydroxyl groups is 1. The first-order valence-corrected chi connectivity index (χ1v) is 4.84. The number of rotatable bonds is 4. The lowest BCUT2D eigenvalue weighted by molar-refractivity contribution is 0.0512. The second-order valence-electron chi connectivity index (χ2n) is 3.04. The Morgan fingerprint density at radius 2 is 2.10 bits per heavy atom. The van der Waals surface area contributed by atoms with Gasteiger partial charge in [-0.15, -0.1) is 0 Å². The van der Waals surface area contributed by atoms with Crippen LogP contribution in [0.1, 0.15) is 20.3 Å². The Kier molecular flexibility index (Phi) is 4.32. The maximum Gasteiger partial charge on any atom is 0.0742 e. The van der Waals surface area contributed by atoms with Gasteiger partial charge in [0.1, 0.15) is 0 Å². The molecular weight excluding hydrogens is 146 g/mol. The van der Waals surface area contributed by atoms with Gasteiger partial charge >= 0.3 is 0 Å². The molecule has 1 atom stereocenters. The van der Waals surface area contributed by atoms with Gasteiger partial charge in [-0.2, -0.15) is 11.8 Å². The highest BCUT2D eigenvalue weighted by Gasteiger charge is 2.21. The number of thioether (sulfide) groups is 1. The SMILES string of the molecule is CSCC[C@@H](N)C(C)(C)O. The predicted molar refractivity (Wildman–Crippen MR) is 47.3 cm³/mol. The Labute approximate surface area is 67.2 Å². The molecule has 0 radical (unpaired) electrons. The summed E-state index contributed by atoms with van der Waals surface area (Å²) in [6, 6.07) is -0.0973. The number of nitrogens with two attached hydrogens (primary N) is 1. The molecule has 2 nitrogen and oxygen atoms in total. The smallest absolute Gasteiger partial charge is 0.0742 e. The monoisotopic (exact) mass is 163 g/mol. The Hall–Kier alpha value is 0.270. The largest absolute Gasteiger partial charge is 0.389 e. The quantitative estimate of drug-likeness (QED) is 0.645. The third-order valence-corrected chi connectivity index (χ3v) is 2.18. The molecular formula is C7H17NOS. The van der Waals surface area contributed by atoms with Gasteiger partial charge in [0, 0.05) is 6.04 Å². The van der Waals surface area contributed by atoms with Crippen molar-refractivity contribution in [3.8, 4) is 0 Å². The lowest BCUT2D eigenvalue weighted by atomic mass is 9.98. The molecule has 10 heavy (non-hydrogen) atoms. The van der Waals surface area contributed by atoms with E-state index in [9.17, 15) is 5.11 Å². The van der Waals surface area contributed by atoms with Gasteiger partial charge in [0.15, 0.2) is 0 Å². The molecule has 0 saturated carbocycles. The molecule has 0 aromatic rings. The molecule has 0 aliphatic carbocycles. The summed E-state index contributed by atoms with van der Waals surface area (Å²) in [5, 5.41) is 9.38. The average Bonchev–Trinajstić information content (AvgIpc) is 1.80. The average molecular weight is 163 g/mol. The standard InChI is InChI=1S/C7H17NOS/c1-7(2,9)6(8)4-5-10-3/h6,9H,4-5,8H2,1-3H3/t6-/m1/s1. The van der Waals surface area contributed by atoms with E-state index in [4.69, 9.17) is 5.73 Å². The van der Waals surface area contributed by atoms with Gasteiger partial charge in [0.05, 0.1) is 5.60 Å². The lowest BCUT2D eigenvalue weighted by Crippen LogP contribution is -2.43. The van der Waals surface area contributed by atoms with Crippen LogP contribution < -0.4 is 5.73 Å². The Bertz CT molecular complexity index is 90.1. The van der Waals surface area contributed by atoms with Crippen molar-refractivity contribution < 1.29 is 5.11 Å². The first-order chi connectivity index (χ1) is 4.48. The van der Waals surface area contributed by atoms with E-state index in [0.717, 1.165) is 12.2 Å². The van der Waals surface area contributed by atoms with Crippen molar-refractivity contribution in [1.29, 1.82) is 0 Å². The molecule has 3 N–H and O–H groups in total. The molecule has 0 amide bonds. The summed E-state index contributed by atoms with van der Waals surface area (Å²) in [6.07, 6.45) is 2.92. The minimum atomic E-state index is -0.726. The summed E-state index contributed by atoms with van der Waals surface area (Å²) >= 11 is 1.75. The fourth-order valence-electron chi connectivity index (χ4n) is 0.598. The van der Waals surface area contributed by atoms with Crippen molar-refractivity contribution in [3.63, 3.8) is 0 Å². The molecule has 0 aromatic carbocycles. The number of hydrogen-bond donors (Lipinski definition) is 2. The van der Waals surface area contributed by atoms with Gasteiger partial charge in [-0.25, -0.2) is 0 Å². The van der Waals surface area contributed by atoms with Gasteiger partial charge in [0.25, 0.3) is 0 Å². The second kappa shape index (κ2) is 4.21. The third kappa shape index (κ3) is 4.14. The van der Waals surface area contributed by atoms with Crippen molar-refractivity contribution >= 4 is 11.8 Å². The van der Waals surface area contributed by atoms with Crippen LogP contribution in [0.2, 0.25) is 0 Å². The van der Waals surface area contributed by atoms with Crippen LogP contribution in [0.25, 0.3) is 0 Å². The maximum absolute atomic E-state index is 9.38. The van der Waals surface area contributed by atoms with Gasteiger partial charge < -0.3 is 10.8 Å². The topological polar surface area (TPSA) is 46.2 Å². The normalized spacial score (nSPS) is 15.3. The van der Waals surface area contributed by atoms with Crippen molar-refractivity contribution in [2.24, 2.45) is 5.73 Å². The van der Waals surface area contributed by atoms with Gasteiger partial charge in [-0.1, -0.05) is 0 Å². The first kappa shape index (κ1) is 10.3. The molecule has 0 saturated heterocycles. The maximum atomic E-state index is 9.38. The van der Waals surface area contributed by atoms with E-state index in [-0.39, 0.29) is 6.04 Å². The fraction of sp³-hybridized carbons (Fsp3) is 1.00. The molecule has 0 bridgehead atoms. The van der Waals surface area contributed by atoms with Gasteiger partial charge in [-0.05, 0) is 32.3 Å². The summed E-state index contributed by atoms with van der Waals surface area (Å²) in [5.41, 5.74) is 4.95. The summed E-state index contributed by atoms with van der Waals surface area (Å²) in [7, 11) is 0. The highest BCUT2D eigenvalue weighted by atomic mass is 32.2. The third-order valence-electron chi connectivity index (χ3n) is 1.54. The van der Waals surface area contributed by atoms with E-state index in [1.54, 1.807) is 25.6 Å². The van der Waals surface area contributed by atoms with E-state index < -0.39 is 5.60 Å². The van der Waals surface area contributed by atoms with Gasteiger partial charge in [0.2, 0.25) is 0 Å². The van der Waals surface area contributed by atoms with Crippen LogP contribution in [0.3, 0.4) is 0 Å². The zero-order chi connectivity index (χ0) is 8.20. The van der Waals surface area contributed by atoms with Crippen LogP contribution in [0.4, 0.5) is 0 Å². The van der Waals surface area contributed by atoms with Crippen LogP contribution >= 0.6 is 11.8 Å². The molecule has 0 rings (SSSR count). The first-order valence-electron chi connectivity index (χ1n) is 3.45. The zero-order valence-electron chi connectivity index (χ0n) is 6.92. The number of hydrogen-bond acceptors (Lipinski definition) is 3. The molecule has 0 aromatic heterocycles. The van der Waals surface area contributed by atoms with Crippen molar-refractivity contribution in [2.75, 3.05) is 12.0 Å². The fourth-order valence-corrected chi connectivity index (χ4v) is 1.09. The minimum Gasteiger partial charge on any atom is -0.389 e. The van der Waals surface area contributed by atoms with Crippen LogP contribution in [0, 0.1) is 0 Å². The van der Waals surface area contributed by atoms with Crippen molar-refractivity contribution in [3.05, 3.63) is 0 Å². The zero-order valence-corrected chi connectivity index (χ0v) is 7.74. The van der Waals surface area contributed by atoms with E-state index in [1.807, 2.05) is 6.26 Å². The molecule has 62 valence electrons. The molecule has 0 heterocycles. The highest BCUT2D eigenvalue weighted by molar-refractivity contribution is 7.98. The molecule has 0 spiro atoms. The molecule has 3 heteroatoms. The van der Waals surface area contributed by atoms with Crippen LogP contribution in [-0.4, -0.2) is 28.8 Å². The van der Waals surface area contributed by atoms with E-state index >= 15 is 0 Å². The summed E-state index contributed by atoms with van der Waals surface area (Å²) in [4.78, 5) is 0. The molecule has 0 unspecified atom stereocenters. The lowest BCUT2D eigenvalue weighted by Gasteiger charge is -2.25. The molecule has 0 fully saturated rings. The predicted octanol–water partition coefficient (Wildman–Crippen LogP) is 0.838. The minimum absolute atomic E-state index is 0.0973. The van der Waals surface area contributed by atoms with Crippen molar-refractivity contribution in [1.82, 2.24) is 0 Å².